The Bertz CT molecular complexity index is 351. The summed E-state index contributed by atoms with van der Waals surface area (Å²) < 4.78 is 5.19. The molecule has 0 heterocycles. The minimum Gasteiger partial charge on any atom is -0.495 e. The molecule has 1 N–H and O–H groups in total. The first kappa shape index (κ1) is 12.4. The highest BCUT2D eigenvalue weighted by atomic mass is 16.5. The topological polar surface area (TPSA) is 41.6 Å². The van der Waals surface area contributed by atoms with Gasteiger partial charge >= 0.3 is 0 Å². The number of methoxy groups -OCH3 is 1. The molecule has 16 heavy (non-hydrogen) atoms. The van der Waals surface area contributed by atoms with Crippen LogP contribution in [-0.4, -0.2) is 38.6 Å². The van der Waals surface area contributed by atoms with E-state index in [-0.39, 0.29) is 5.91 Å². The van der Waals surface area contributed by atoms with Crippen LogP contribution in [0.15, 0.2) is 24.3 Å². The lowest BCUT2D eigenvalue weighted by atomic mass is 10.3. The number of benzene rings is 1. The molecule has 0 aliphatic carbocycles. The average molecular weight is 222 g/mol. The number of anilines is 1. The SMILES string of the molecule is COc1ccccc1NCCC(=O)N(C)C. The second-order valence-electron chi connectivity index (χ2n) is 3.67. The Morgan fingerprint density at radius 3 is 2.69 bits per heavy atom. The van der Waals surface area contributed by atoms with Crippen LogP contribution in [0.25, 0.3) is 0 Å². The van der Waals surface area contributed by atoms with Crippen molar-refractivity contribution in [3.8, 4) is 5.75 Å². The zero-order chi connectivity index (χ0) is 12.0. The first-order chi connectivity index (χ1) is 7.65. The molecule has 0 spiro atoms. The molecule has 0 radical (unpaired) electrons. The zero-order valence-corrected chi connectivity index (χ0v) is 9.99. The van der Waals surface area contributed by atoms with Crippen LogP contribution in [0.2, 0.25) is 0 Å². The number of para-hydroxylation sites is 2. The first-order valence-electron chi connectivity index (χ1n) is 5.22. The van der Waals surface area contributed by atoms with Crippen molar-refractivity contribution in [3.05, 3.63) is 24.3 Å². The summed E-state index contributed by atoms with van der Waals surface area (Å²) in [5.74, 6) is 0.905. The Morgan fingerprint density at radius 2 is 2.06 bits per heavy atom. The Hall–Kier alpha value is -1.71. The fraction of sp³-hybridized carbons (Fsp3) is 0.417. The van der Waals surface area contributed by atoms with E-state index in [1.165, 1.54) is 0 Å². The summed E-state index contributed by atoms with van der Waals surface area (Å²) in [4.78, 5) is 12.9. The van der Waals surface area contributed by atoms with E-state index in [2.05, 4.69) is 5.32 Å². The van der Waals surface area contributed by atoms with Gasteiger partial charge < -0.3 is 15.0 Å². The van der Waals surface area contributed by atoms with E-state index in [9.17, 15) is 4.79 Å². The Balaban J connectivity index is 2.45. The van der Waals surface area contributed by atoms with Crippen molar-refractivity contribution in [2.75, 3.05) is 33.1 Å². The van der Waals surface area contributed by atoms with E-state index in [0.29, 0.717) is 13.0 Å². The second kappa shape index (κ2) is 6.00. The van der Waals surface area contributed by atoms with Gasteiger partial charge in [-0.1, -0.05) is 12.1 Å². The van der Waals surface area contributed by atoms with Gasteiger partial charge in [-0.05, 0) is 12.1 Å². The third kappa shape index (κ3) is 3.46. The highest BCUT2D eigenvalue weighted by Crippen LogP contribution is 2.22. The summed E-state index contributed by atoms with van der Waals surface area (Å²) >= 11 is 0. The van der Waals surface area contributed by atoms with Crippen molar-refractivity contribution in [3.63, 3.8) is 0 Å². The molecule has 1 aromatic rings. The van der Waals surface area contributed by atoms with Gasteiger partial charge in [0.05, 0.1) is 12.8 Å². The van der Waals surface area contributed by atoms with Gasteiger partial charge in [0.1, 0.15) is 5.75 Å². The van der Waals surface area contributed by atoms with E-state index in [4.69, 9.17) is 4.74 Å². The summed E-state index contributed by atoms with van der Waals surface area (Å²) in [6.07, 6.45) is 0.477. The van der Waals surface area contributed by atoms with E-state index >= 15 is 0 Å². The molecule has 0 aliphatic heterocycles. The lowest BCUT2D eigenvalue weighted by molar-refractivity contribution is -0.128. The van der Waals surface area contributed by atoms with Crippen molar-refractivity contribution in [2.24, 2.45) is 0 Å². The number of rotatable bonds is 5. The summed E-state index contributed by atoms with van der Waals surface area (Å²) in [6.45, 7) is 0.609. The van der Waals surface area contributed by atoms with E-state index in [1.54, 1.807) is 26.1 Å². The Labute approximate surface area is 96.2 Å². The Kier molecular flexibility index (Phi) is 4.64. The molecular formula is C12H18N2O2. The summed E-state index contributed by atoms with van der Waals surface area (Å²) in [5.41, 5.74) is 0.913. The number of ether oxygens (including phenoxy) is 1. The third-order valence-corrected chi connectivity index (χ3v) is 2.26. The number of hydrogen-bond acceptors (Lipinski definition) is 3. The largest absolute Gasteiger partial charge is 0.495 e. The quantitative estimate of drug-likeness (QED) is 0.822. The van der Waals surface area contributed by atoms with Gasteiger partial charge in [-0.15, -0.1) is 0 Å². The van der Waals surface area contributed by atoms with Gasteiger partial charge in [0.2, 0.25) is 5.91 Å². The molecule has 1 aromatic carbocycles. The number of nitrogens with one attached hydrogen (secondary N) is 1. The van der Waals surface area contributed by atoms with Crippen LogP contribution in [-0.2, 0) is 4.79 Å². The number of carbonyl (C=O) groups excluding carboxylic acids is 1. The van der Waals surface area contributed by atoms with Crippen molar-refractivity contribution >= 4 is 11.6 Å². The molecule has 1 rings (SSSR count). The molecule has 4 heteroatoms. The molecule has 0 saturated heterocycles. The molecule has 0 saturated carbocycles. The minimum absolute atomic E-state index is 0.113. The second-order valence-corrected chi connectivity index (χ2v) is 3.67. The maximum Gasteiger partial charge on any atom is 0.223 e. The van der Waals surface area contributed by atoms with Gasteiger partial charge in [-0.2, -0.15) is 0 Å². The summed E-state index contributed by atoms with van der Waals surface area (Å²) in [5, 5.41) is 3.18. The summed E-state index contributed by atoms with van der Waals surface area (Å²) in [6, 6.07) is 7.66. The predicted molar refractivity (Wildman–Crippen MR) is 64.8 cm³/mol. The average Bonchev–Trinajstić information content (AvgIpc) is 2.29. The molecule has 0 aromatic heterocycles. The van der Waals surface area contributed by atoms with Gasteiger partial charge in [-0.25, -0.2) is 0 Å². The van der Waals surface area contributed by atoms with Gasteiger partial charge in [-0.3, -0.25) is 4.79 Å². The fourth-order valence-electron chi connectivity index (χ4n) is 1.32. The molecule has 0 bridgehead atoms. The summed E-state index contributed by atoms with van der Waals surface area (Å²) in [7, 11) is 5.14. The lowest BCUT2D eigenvalue weighted by Gasteiger charge is -2.12. The zero-order valence-electron chi connectivity index (χ0n) is 9.99. The molecule has 88 valence electrons. The first-order valence-corrected chi connectivity index (χ1v) is 5.22. The van der Waals surface area contributed by atoms with Crippen molar-refractivity contribution < 1.29 is 9.53 Å². The number of hydrogen-bond donors (Lipinski definition) is 1. The molecule has 4 nitrogen and oxygen atoms in total. The molecule has 0 atom stereocenters. The van der Waals surface area contributed by atoms with Gasteiger partial charge in [0.15, 0.2) is 0 Å². The van der Waals surface area contributed by atoms with Gasteiger partial charge in [0, 0.05) is 27.1 Å². The number of nitrogens with zero attached hydrogens (tertiary/aromatic N) is 1. The van der Waals surface area contributed by atoms with Crippen molar-refractivity contribution in [2.45, 2.75) is 6.42 Å². The molecular weight excluding hydrogens is 204 g/mol. The molecule has 0 aliphatic rings. The molecule has 1 amide bonds. The smallest absolute Gasteiger partial charge is 0.223 e. The number of amides is 1. The van der Waals surface area contributed by atoms with E-state index in [0.717, 1.165) is 11.4 Å². The van der Waals surface area contributed by atoms with E-state index in [1.807, 2.05) is 24.3 Å². The van der Waals surface area contributed by atoms with Crippen LogP contribution >= 0.6 is 0 Å². The van der Waals surface area contributed by atoms with Crippen LogP contribution in [0, 0.1) is 0 Å². The molecule has 0 unspecified atom stereocenters. The lowest BCUT2D eigenvalue weighted by Crippen LogP contribution is -2.23. The van der Waals surface area contributed by atoms with Crippen LogP contribution in [0.4, 0.5) is 5.69 Å². The maximum atomic E-state index is 11.3. The minimum atomic E-state index is 0.113. The van der Waals surface area contributed by atoms with Crippen LogP contribution < -0.4 is 10.1 Å². The third-order valence-electron chi connectivity index (χ3n) is 2.26. The van der Waals surface area contributed by atoms with Crippen LogP contribution in [0.5, 0.6) is 5.75 Å². The highest BCUT2D eigenvalue weighted by Gasteiger charge is 2.04. The van der Waals surface area contributed by atoms with Gasteiger partial charge in [0.25, 0.3) is 0 Å². The van der Waals surface area contributed by atoms with Crippen molar-refractivity contribution in [1.29, 1.82) is 0 Å². The predicted octanol–water partition coefficient (Wildman–Crippen LogP) is 1.59. The van der Waals surface area contributed by atoms with Crippen molar-refractivity contribution in [1.82, 2.24) is 4.90 Å². The van der Waals surface area contributed by atoms with Crippen LogP contribution in [0.3, 0.4) is 0 Å². The Morgan fingerprint density at radius 1 is 1.38 bits per heavy atom. The monoisotopic (exact) mass is 222 g/mol. The number of carbonyl (C=O) groups is 1. The van der Waals surface area contributed by atoms with Crippen LogP contribution in [0.1, 0.15) is 6.42 Å². The highest BCUT2D eigenvalue weighted by molar-refractivity contribution is 5.76. The molecule has 0 fully saturated rings. The van der Waals surface area contributed by atoms with E-state index < -0.39 is 0 Å². The standard InChI is InChI=1S/C12H18N2O2/c1-14(2)12(15)8-9-13-10-6-4-5-7-11(10)16-3/h4-7,13H,8-9H2,1-3H3. The fourth-order valence-corrected chi connectivity index (χ4v) is 1.32. The maximum absolute atomic E-state index is 11.3. The normalized spacial score (nSPS) is 9.69.